The van der Waals surface area contributed by atoms with Crippen molar-refractivity contribution >= 4 is 11.5 Å². The quantitative estimate of drug-likeness (QED) is 0.572. The first-order valence-electron chi connectivity index (χ1n) is 7.17. The maximum absolute atomic E-state index is 11.5. The van der Waals surface area contributed by atoms with Gasteiger partial charge in [0.1, 0.15) is 6.33 Å². The van der Waals surface area contributed by atoms with Crippen LogP contribution in [0, 0.1) is 10.1 Å². The molecule has 2 rings (SSSR count). The van der Waals surface area contributed by atoms with E-state index in [1.807, 2.05) is 13.8 Å². The Morgan fingerprint density at radius 1 is 1.17 bits per heavy atom. The predicted molar refractivity (Wildman–Crippen MR) is 85.3 cm³/mol. The number of benzene rings is 1. The summed E-state index contributed by atoms with van der Waals surface area (Å²) in [6, 6.07) is 6.88. The lowest BCUT2D eigenvalue weighted by molar-refractivity contribution is -0.385. The Kier molecular flexibility index (Phi) is 5.29. The van der Waals surface area contributed by atoms with Crippen LogP contribution in [0.2, 0.25) is 0 Å². The average Bonchev–Trinajstić information content (AvgIpc) is 2.56. The first kappa shape index (κ1) is 16.5. The second-order valence-electron chi connectivity index (χ2n) is 4.53. The van der Waals surface area contributed by atoms with Crippen LogP contribution in [0.3, 0.4) is 0 Å². The molecule has 0 unspecified atom stereocenters. The van der Waals surface area contributed by atoms with Crippen LogP contribution in [0.15, 0.2) is 30.6 Å². The molecule has 0 fully saturated rings. The number of hydrogen-bond acceptors (Lipinski definition) is 7. The summed E-state index contributed by atoms with van der Waals surface area (Å²) in [7, 11) is 1.50. The van der Waals surface area contributed by atoms with Gasteiger partial charge in [0.25, 0.3) is 0 Å². The molecule has 0 radical (unpaired) electrons. The molecule has 0 amide bonds. The zero-order valence-electron chi connectivity index (χ0n) is 13.2. The number of methoxy groups -OCH3 is 1. The van der Waals surface area contributed by atoms with Gasteiger partial charge in [0.15, 0.2) is 11.5 Å². The molecule has 0 N–H and O–H groups in total. The Morgan fingerprint density at radius 3 is 2.39 bits per heavy atom. The Hall–Kier alpha value is -2.90. The van der Waals surface area contributed by atoms with E-state index in [1.54, 1.807) is 29.2 Å². The molecule has 2 aromatic rings. The molecule has 122 valence electrons. The summed E-state index contributed by atoms with van der Waals surface area (Å²) in [5, 5.41) is 11.5. The number of anilines is 1. The zero-order valence-corrected chi connectivity index (χ0v) is 13.2. The minimum absolute atomic E-state index is 0.114. The van der Waals surface area contributed by atoms with E-state index >= 15 is 0 Å². The number of nitrogens with zero attached hydrogens (tertiary/aromatic N) is 4. The van der Waals surface area contributed by atoms with Crippen molar-refractivity contribution in [3.05, 3.63) is 40.7 Å². The van der Waals surface area contributed by atoms with Crippen molar-refractivity contribution < 1.29 is 14.4 Å². The first-order chi connectivity index (χ1) is 11.1. The van der Waals surface area contributed by atoms with Crippen LogP contribution < -0.4 is 14.4 Å². The van der Waals surface area contributed by atoms with E-state index in [9.17, 15) is 10.1 Å². The highest BCUT2D eigenvalue weighted by Gasteiger charge is 2.28. The summed E-state index contributed by atoms with van der Waals surface area (Å²) in [5.74, 6) is 0.934. The summed E-state index contributed by atoms with van der Waals surface area (Å²) >= 11 is 0. The Balaban J connectivity index is 2.50. The molecule has 8 nitrogen and oxygen atoms in total. The van der Waals surface area contributed by atoms with Gasteiger partial charge in [-0.25, -0.2) is 4.98 Å². The van der Waals surface area contributed by atoms with Crippen LogP contribution in [0.1, 0.15) is 13.8 Å². The molecule has 1 aromatic carbocycles. The van der Waals surface area contributed by atoms with E-state index in [0.717, 1.165) is 0 Å². The molecule has 0 aliphatic carbocycles. The number of ether oxygens (including phenoxy) is 2. The lowest BCUT2D eigenvalue weighted by Gasteiger charge is -2.19. The van der Waals surface area contributed by atoms with Crippen molar-refractivity contribution in [3.63, 3.8) is 0 Å². The molecular weight excluding hydrogens is 300 g/mol. The summed E-state index contributed by atoms with van der Waals surface area (Å²) in [4.78, 5) is 20.7. The second kappa shape index (κ2) is 7.39. The molecule has 0 spiro atoms. The predicted octanol–water partition coefficient (Wildman–Crippen LogP) is 3.03. The van der Waals surface area contributed by atoms with E-state index in [0.29, 0.717) is 24.6 Å². The molecule has 0 aliphatic rings. The number of nitro groups is 1. The fourth-order valence-corrected chi connectivity index (χ4v) is 2.15. The van der Waals surface area contributed by atoms with Crippen LogP contribution in [0.25, 0.3) is 0 Å². The molecule has 23 heavy (non-hydrogen) atoms. The minimum Gasteiger partial charge on any atom is -0.493 e. The van der Waals surface area contributed by atoms with Crippen molar-refractivity contribution in [1.29, 1.82) is 0 Å². The van der Waals surface area contributed by atoms with Gasteiger partial charge in [-0.1, -0.05) is 12.1 Å². The van der Waals surface area contributed by atoms with E-state index in [-0.39, 0.29) is 17.4 Å². The number of hydrogen-bond donors (Lipinski definition) is 0. The molecule has 1 aromatic heterocycles. The van der Waals surface area contributed by atoms with Gasteiger partial charge in [0.2, 0.25) is 5.82 Å². The van der Waals surface area contributed by atoms with Crippen LogP contribution in [0.4, 0.5) is 11.5 Å². The smallest absolute Gasteiger partial charge is 0.373 e. The maximum atomic E-state index is 11.5. The largest absolute Gasteiger partial charge is 0.493 e. The summed E-state index contributed by atoms with van der Waals surface area (Å²) < 4.78 is 10.8. The van der Waals surface area contributed by atoms with E-state index < -0.39 is 4.92 Å². The Morgan fingerprint density at radius 2 is 1.83 bits per heavy atom. The third-order valence-corrected chi connectivity index (χ3v) is 3.29. The highest BCUT2D eigenvalue weighted by Crippen LogP contribution is 2.38. The van der Waals surface area contributed by atoms with Crippen molar-refractivity contribution in [3.8, 4) is 17.4 Å². The summed E-state index contributed by atoms with van der Waals surface area (Å²) in [6.07, 6.45) is 1.26. The van der Waals surface area contributed by atoms with Crippen LogP contribution in [0.5, 0.6) is 17.4 Å². The number of rotatable bonds is 7. The van der Waals surface area contributed by atoms with Crippen molar-refractivity contribution in [2.24, 2.45) is 0 Å². The maximum Gasteiger partial charge on any atom is 0.373 e. The van der Waals surface area contributed by atoms with Crippen molar-refractivity contribution in [2.75, 3.05) is 25.1 Å². The van der Waals surface area contributed by atoms with E-state index in [1.165, 1.54) is 13.4 Å². The highest BCUT2D eigenvalue weighted by molar-refractivity contribution is 5.63. The third kappa shape index (κ3) is 3.47. The van der Waals surface area contributed by atoms with Gasteiger partial charge < -0.3 is 14.4 Å². The molecule has 8 heteroatoms. The normalized spacial score (nSPS) is 10.2. The molecular formula is C15H18N4O4. The summed E-state index contributed by atoms with van der Waals surface area (Å²) in [6.45, 7) is 4.97. The molecule has 0 bridgehead atoms. The summed E-state index contributed by atoms with van der Waals surface area (Å²) in [5.41, 5.74) is -0.262. The molecule has 0 atom stereocenters. The van der Waals surface area contributed by atoms with Gasteiger partial charge in [0.05, 0.1) is 12.0 Å². The molecule has 0 aliphatic heterocycles. The number of aromatic nitrogens is 2. The SMILES string of the molecule is CCN(CC)c1ncnc(Oc2ccccc2OC)c1[N+](=O)[O-]. The van der Waals surface area contributed by atoms with Gasteiger partial charge in [0, 0.05) is 13.1 Å². The minimum atomic E-state index is -0.529. The average molecular weight is 318 g/mol. The van der Waals surface area contributed by atoms with Crippen LogP contribution in [-0.2, 0) is 0 Å². The lowest BCUT2D eigenvalue weighted by atomic mass is 10.3. The fourth-order valence-electron chi connectivity index (χ4n) is 2.15. The highest BCUT2D eigenvalue weighted by atomic mass is 16.6. The van der Waals surface area contributed by atoms with Crippen LogP contribution >= 0.6 is 0 Å². The number of para-hydroxylation sites is 2. The zero-order chi connectivity index (χ0) is 16.8. The molecule has 1 heterocycles. The monoisotopic (exact) mass is 318 g/mol. The van der Waals surface area contributed by atoms with Gasteiger partial charge in [-0.15, -0.1) is 0 Å². The van der Waals surface area contributed by atoms with Gasteiger partial charge in [-0.3, -0.25) is 10.1 Å². The van der Waals surface area contributed by atoms with Gasteiger partial charge in [-0.2, -0.15) is 4.98 Å². The van der Waals surface area contributed by atoms with Crippen molar-refractivity contribution in [1.82, 2.24) is 9.97 Å². The van der Waals surface area contributed by atoms with E-state index in [2.05, 4.69) is 9.97 Å². The standard InChI is InChI=1S/C15H18N4O4/c1-4-18(5-2)14-13(19(20)21)15(17-10-16-14)23-12-9-7-6-8-11(12)22-3/h6-10H,4-5H2,1-3H3. The van der Waals surface area contributed by atoms with Crippen molar-refractivity contribution in [2.45, 2.75) is 13.8 Å². The second-order valence-corrected chi connectivity index (χ2v) is 4.53. The first-order valence-corrected chi connectivity index (χ1v) is 7.17. The van der Waals surface area contributed by atoms with Crippen LogP contribution in [-0.4, -0.2) is 35.1 Å². The lowest BCUT2D eigenvalue weighted by Crippen LogP contribution is -2.24. The Bertz CT molecular complexity index is 689. The fraction of sp³-hybridized carbons (Fsp3) is 0.333. The third-order valence-electron chi connectivity index (χ3n) is 3.29. The van der Waals surface area contributed by atoms with Gasteiger partial charge in [-0.05, 0) is 26.0 Å². The van der Waals surface area contributed by atoms with Gasteiger partial charge >= 0.3 is 11.6 Å². The molecule has 0 saturated heterocycles. The topological polar surface area (TPSA) is 90.6 Å². The van der Waals surface area contributed by atoms with E-state index in [4.69, 9.17) is 9.47 Å². The molecule has 0 saturated carbocycles. The Labute approximate surface area is 133 Å².